The van der Waals surface area contributed by atoms with Crippen LogP contribution in [0.3, 0.4) is 0 Å². The summed E-state index contributed by atoms with van der Waals surface area (Å²) in [5.41, 5.74) is 3.30. The van der Waals surface area contributed by atoms with Crippen molar-refractivity contribution < 1.29 is 5.11 Å². The fraction of sp³-hybridized carbons (Fsp3) is 0.600. The van der Waals surface area contributed by atoms with Crippen LogP contribution in [0.2, 0.25) is 0 Å². The third kappa shape index (κ3) is 5.19. The second-order valence-corrected chi connectivity index (χ2v) is 5.59. The van der Waals surface area contributed by atoms with Crippen LogP contribution in [0.1, 0.15) is 16.7 Å². The van der Waals surface area contributed by atoms with E-state index in [0.717, 1.165) is 37.2 Å². The van der Waals surface area contributed by atoms with Gasteiger partial charge in [0, 0.05) is 18.7 Å². The zero-order valence-corrected chi connectivity index (χ0v) is 12.8. The molecule has 108 valence electrons. The Hall–Kier alpha value is -1.10. The Labute approximate surface area is 117 Å². The highest BCUT2D eigenvalue weighted by Gasteiger charge is 2.11. The highest BCUT2D eigenvalue weighted by Crippen LogP contribution is 2.26. The largest absolute Gasteiger partial charge is 0.507 e. The lowest BCUT2D eigenvalue weighted by Gasteiger charge is -2.18. The molecule has 0 fully saturated rings. The van der Waals surface area contributed by atoms with Crippen molar-refractivity contribution >= 4 is 0 Å². The van der Waals surface area contributed by atoms with Crippen LogP contribution in [-0.2, 0) is 19.5 Å². The monoisotopic (exact) mass is 265 g/mol. The van der Waals surface area contributed by atoms with Crippen molar-refractivity contribution in [3.05, 3.63) is 28.8 Å². The van der Waals surface area contributed by atoms with Crippen molar-refractivity contribution in [3.63, 3.8) is 0 Å². The molecule has 0 heterocycles. The second kappa shape index (κ2) is 7.48. The van der Waals surface area contributed by atoms with Gasteiger partial charge in [-0.3, -0.25) is 0 Å². The summed E-state index contributed by atoms with van der Waals surface area (Å²) < 4.78 is 0. The highest BCUT2D eigenvalue weighted by atomic mass is 16.3. The molecule has 0 saturated heterocycles. The summed E-state index contributed by atoms with van der Waals surface area (Å²) in [4.78, 5) is 4.23. The smallest absolute Gasteiger partial charge is 0.123 e. The third-order valence-electron chi connectivity index (χ3n) is 2.96. The van der Waals surface area contributed by atoms with Crippen molar-refractivity contribution in [2.75, 3.05) is 41.8 Å². The molecule has 4 heteroatoms. The van der Waals surface area contributed by atoms with Gasteiger partial charge in [0.1, 0.15) is 5.75 Å². The first kappa shape index (κ1) is 16.0. The van der Waals surface area contributed by atoms with Gasteiger partial charge in [0.2, 0.25) is 0 Å². The van der Waals surface area contributed by atoms with Gasteiger partial charge in [-0.1, -0.05) is 6.07 Å². The van der Waals surface area contributed by atoms with E-state index in [4.69, 9.17) is 0 Å². The lowest BCUT2D eigenvalue weighted by Crippen LogP contribution is -2.15. The first-order chi connectivity index (χ1) is 8.93. The number of rotatable bonds is 7. The van der Waals surface area contributed by atoms with Gasteiger partial charge in [-0.25, -0.2) is 0 Å². The Morgan fingerprint density at radius 2 is 1.58 bits per heavy atom. The summed E-state index contributed by atoms with van der Waals surface area (Å²) in [5, 5.41) is 13.5. The Kier molecular flexibility index (Phi) is 6.28. The zero-order chi connectivity index (χ0) is 14.4. The number of aromatic hydroxyl groups is 1. The molecule has 0 aliphatic rings. The number of phenols is 1. The lowest BCUT2D eigenvalue weighted by atomic mass is 10.0. The third-order valence-corrected chi connectivity index (χ3v) is 2.96. The maximum absolute atomic E-state index is 10.4. The molecule has 0 saturated carbocycles. The molecule has 0 aliphatic carbocycles. The van der Waals surface area contributed by atoms with Crippen LogP contribution < -0.4 is 5.32 Å². The Bertz CT molecular complexity index is 403. The maximum atomic E-state index is 10.4. The quantitative estimate of drug-likeness (QED) is 0.779. The predicted molar refractivity (Wildman–Crippen MR) is 80.5 cm³/mol. The Morgan fingerprint density at radius 3 is 2.11 bits per heavy atom. The van der Waals surface area contributed by atoms with E-state index in [1.54, 1.807) is 0 Å². The first-order valence-corrected chi connectivity index (χ1v) is 6.71. The van der Waals surface area contributed by atoms with Crippen LogP contribution in [0.25, 0.3) is 0 Å². The molecule has 0 atom stereocenters. The van der Waals surface area contributed by atoms with Crippen molar-refractivity contribution in [3.8, 4) is 5.75 Å². The number of nitrogens with one attached hydrogen (secondary N) is 1. The van der Waals surface area contributed by atoms with Gasteiger partial charge >= 0.3 is 0 Å². The van der Waals surface area contributed by atoms with Gasteiger partial charge in [0.25, 0.3) is 0 Å². The number of phenolic OH excluding ortho intramolecular Hbond substituents is 1. The average Bonchev–Trinajstić information content (AvgIpc) is 2.30. The number of hydrogen-bond acceptors (Lipinski definition) is 4. The molecule has 4 nitrogen and oxygen atoms in total. The molecule has 19 heavy (non-hydrogen) atoms. The normalized spacial score (nSPS) is 11.5. The van der Waals surface area contributed by atoms with E-state index in [9.17, 15) is 5.11 Å². The number of hydrogen-bond donors (Lipinski definition) is 2. The minimum atomic E-state index is 0.450. The van der Waals surface area contributed by atoms with Gasteiger partial charge in [0.15, 0.2) is 0 Å². The molecular weight excluding hydrogens is 238 g/mol. The molecule has 0 amide bonds. The molecule has 0 aromatic heterocycles. The second-order valence-electron chi connectivity index (χ2n) is 5.59. The highest BCUT2D eigenvalue weighted by molar-refractivity contribution is 5.44. The summed E-state index contributed by atoms with van der Waals surface area (Å²) in [6, 6.07) is 4.23. The Balaban J connectivity index is 3.06. The van der Waals surface area contributed by atoms with E-state index in [-0.39, 0.29) is 0 Å². The van der Waals surface area contributed by atoms with Crippen LogP contribution in [0.15, 0.2) is 12.1 Å². The van der Waals surface area contributed by atoms with Crippen LogP contribution in [0.5, 0.6) is 5.75 Å². The summed E-state index contributed by atoms with van der Waals surface area (Å²) in [7, 11) is 10.1. The van der Waals surface area contributed by atoms with Crippen molar-refractivity contribution in [2.45, 2.75) is 19.5 Å². The molecule has 0 bridgehead atoms. The van der Waals surface area contributed by atoms with Gasteiger partial charge in [0.05, 0.1) is 0 Å². The van der Waals surface area contributed by atoms with E-state index < -0.39 is 0 Å². The minimum absolute atomic E-state index is 0.450. The van der Waals surface area contributed by atoms with Gasteiger partial charge in [-0.2, -0.15) is 0 Å². The molecule has 0 unspecified atom stereocenters. The fourth-order valence-electron chi connectivity index (χ4n) is 2.20. The van der Waals surface area contributed by atoms with Crippen LogP contribution in [-0.4, -0.2) is 56.7 Å². The van der Waals surface area contributed by atoms with Gasteiger partial charge in [-0.15, -0.1) is 0 Å². The first-order valence-electron chi connectivity index (χ1n) is 6.71. The average molecular weight is 265 g/mol. The van der Waals surface area contributed by atoms with Gasteiger partial charge < -0.3 is 20.2 Å². The number of likely N-dealkylation sites (N-methyl/N-ethyl adjacent to an activating group) is 1. The predicted octanol–water partition coefficient (Wildman–Crippen LogP) is 1.28. The summed E-state index contributed by atoms with van der Waals surface area (Å²) in [6.45, 7) is 2.54. The zero-order valence-electron chi connectivity index (χ0n) is 12.8. The summed E-state index contributed by atoms with van der Waals surface area (Å²) in [5.74, 6) is 0.450. The molecule has 1 rings (SSSR count). The van der Waals surface area contributed by atoms with Crippen molar-refractivity contribution in [1.29, 1.82) is 0 Å². The summed E-state index contributed by atoms with van der Waals surface area (Å²) >= 11 is 0. The van der Waals surface area contributed by atoms with E-state index in [1.165, 1.54) is 5.56 Å². The SMILES string of the molecule is CNCCc1cc(CN(C)C)cc(CN(C)C)c1O. The van der Waals surface area contributed by atoms with E-state index in [1.807, 2.05) is 21.1 Å². The molecule has 1 aromatic carbocycles. The summed E-state index contributed by atoms with van der Waals surface area (Å²) in [6.07, 6.45) is 0.851. The molecule has 0 aliphatic heterocycles. The number of benzene rings is 1. The minimum Gasteiger partial charge on any atom is -0.507 e. The van der Waals surface area contributed by atoms with Crippen LogP contribution in [0.4, 0.5) is 0 Å². The standard InChI is InChI=1S/C15H27N3O/c1-16-7-6-13-8-12(10-17(2)3)9-14(15(13)19)11-18(4)5/h8-9,16,19H,6-7,10-11H2,1-5H3. The molecular formula is C15H27N3O. The number of nitrogens with zero attached hydrogens (tertiary/aromatic N) is 2. The van der Waals surface area contributed by atoms with Crippen LogP contribution >= 0.6 is 0 Å². The van der Waals surface area contributed by atoms with Crippen molar-refractivity contribution in [2.24, 2.45) is 0 Å². The molecule has 1 aromatic rings. The van der Waals surface area contributed by atoms with E-state index in [2.05, 4.69) is 41.3 Å². The Morgan fingerprint density at radius 1 is 1.00 bits per heavy atom. The van der Waals surface area contributed by atoms with E-state index >= 15 is 0 Å². The lowest BCUT2D eigenvalue weighted by molar-refractivity contribution is 0.380. The van der Waals surface area contributed by atoms with Crippen LogP contribution in [0, 0.1) is 0 Å². The van der Waals surface area contributed by atoms with E-state index in [0.29, 0.717) is 5.75 Å². The maximum Gasteiger partial charge on any atom is 0.123 e. The van der Waals surface area contributed by atoms with Gasteiger partial charge in [-0.05, 0) is 65.4 Å². The fourth-order valence-corrected chi connectivity index (χ4v) is 2.20. The van der Waals surface area contributed by atoms with Crippen molar-refractivity contribution in [1.82, 2.24) is 15.1 Å². The molecule has 0 spiro atoms. The molecule has 0 radical (unpaired) electrons. The molecule has 2 N–H and O–H groups in total. The topological polar surface area (TPSA) is 38.7 Å².